The first-order chi connectivity index (χ1) is 12.6. The van der Waals surface area contributed by atoms with E-state index in [-0.39, 0.29) is 18.4 Å². The molecule has 0 spiro atoms. The monoisotopic (exact) mass is 358 g/mol. The number of hydrazine groups is 1. The van der Waals surface area contributed by atoms with Gasteiger partial charge < -0.3 is 14.6 Å². The molecule has 8 nitrogen and oxygen atoms in total. The van der Waals surface area contributed by atoms with Crippen LogP contribution in [0.2, 0.25) is 0 Å². The fourth-order valence-corrected chi connectivity index (χ4v) is 3.12. The number of para-hydroxylation sites is 1. The molecule has 2 heterocycles. The highest BCUT2D eigenvalue weighted by atomic mass is 16.6. The van der Waals surface area contributed by atoms with Crippen molar-refractivity contribution in [2.45, 2.75) is 19.8 Å². The summed E-state index contributed by atoms with van der Waals surface area (Å²) < 4.78 is 4.98. The molecule has 3 amide bonds. The Hall–Kier alpha value is -3.03. The van der Waals surface area contributed by atoms with Gasteiger partial charge in [-0.25, -0.2) is 4.79 Å². The molecule has 26 heavy (non-hydrogen) atoms. The number of aromatic nitrogens is 1. The van der Waals surface area contributed by atoms with Gasteiger partial charge in [0.15, 0.2) is 0 Å². The van der Waals surface area contributed by atoms with Crippen LogP contribution in [0.1, 0.15) is 30.1 Å². The second kappa shape index (κ2) is 7.90. The van der Waals surface area contributed by atoms with E-state index in [9.17, 15) is 14.4 Å². The Balaban J connectivity index is 1.56. The van der Waals surface area contributed by atoms with Crippen LogP contribution in [-0.4, -0.2) is 47.5 Å². The summed E-state index contributed by atoms with van der Waals surface area (Å²) in [5, 5.41) is 0.783. The third-order valence-corrected chi connectivity index (χ3v) is 4.45. The highest BCUT2D eigenvalue weighted by Crippen LogP contribution is 2.18. The molecular weight excluding hydrogens is 336 g/mol. The number of carbonyl (C=O) groups excluding carboxylic acids is 3. The number of carbonyl (C=O) groups is 3. The van der Waals surface area contributed by atoms with Gasteiger partial charge in [0.2, 0.25) is 5.91 Å². The summed E-state index contributed by atoms with van der Waals surface area (Å²) in [5.74, 6) is -1.09. The normalized spacial score (nSPS) is 17.0. The van der Waals surface area contributed by atoms with Gasteiger partial charge in [0.25, 0.3) is 5.91 Å². The highest BCUT2D eigenvalue weighted by Gasteiger charge is 2.29. The number of benzene rings is 1. The van der Waals surface area contributed by atoms with Gasteiger partial charge in [-0.15, -0.1) is 0 Å². The number of ether oxygens (including phenoxy) is 1. The minimum absolute atomic E-state index is 0.285. The van der Waals surface area contributed by atoms with Crippen LogP contribution in [0.15, 0.2) is 30.5 Å². The van der Waals surface area contributed by atoms with Crippen LogP contribution < -0.4 is 10.9 Å². The number of rotatable bonds is 3. The first kappa shape index (κ1) is 17.8. The van der Waals surface area contributed by atoms with Crippen molar-refractivity contribution in [3.8, 4) is 0 Å². The first-order valence-electron chi connectivity index (χ1n) is 8.68. The second-order valence-electron chi connectivity index (χ2n) is 6.18. The Morgan fingerprint density at radius 1 is 1.27 bits per heavy atom. The molecule has 1 aliphatic rings. The number of hydrogen-bond donors (Lipinski definition) is 3. The standard InChI is InChI=1S/C18H22N4O4/c1-2-26-18(25)22-9-5-6-12(11-22)16(23)20-21-17(24)14-10-19-15-8-4-3-7-13(14)15/h3-4,7-8,10,12,19H,2,5-6,9,11H2,1H3,(H,20,23)(H,21,24). The summed E-state index contributed by atoms with van der Waals surface area (Å²) in [6.07, 6.45) is 2.57. The molecule has 1 fully saturated rings. The molecule has 1 aliphatic heterocycles. The lowest BCUT2D eigenvalue weighted by atomic mass is 9.98. The van der Waals surface area contributed by atoms with Gasteiger partial charge in [-0.3, -0.25) is 20.4 Å². The van der Waals surface area contributed by atoms with E-state index in [0.717, 1.165) is 10.9 Å². The van der Waals surface area contributed by atoms with Gasteiger partial charge in [0.1, 0.15) is 0 Å². The first-order valence-corrected chi connectivity index (χ1v) is 8.68. The van der Waals surface area contributed by atoms with Gasteiger partial charge in [-0.1, -0.05) is 18.2 Å². The van der Waals surface area contributed by atoms with Gasteiger partial charge in [-0.2, -0.15) is 0 Å². The average molecular weight is 358 g/mol. The molecular formula is C18H22N4O4. The van der Waals surface area contributed by atoms with E-state index in [2.05, 4.69) is 15.8 Å². The quantitative estimate of drug-likeness (QED) is 0.728. The maximum absolute atomic E-state index is 12.3. The minimum atomic E-state index is -0.409. The number of nitrogens with one attached hydrogen (secondary N) is 3. The number of H-pyrrole nitrogens is 1. The molecule has 1 saturated heterocycles. The maximum atomic E-state index is 12.3. The summed E-state index contributed by atoms with van der Waals surface area (Å²) in [4.78, 5) is 41.0. The van der Waals surface area contributed by atoms with E-state index in [1.54, 1.807) is 13.1 Å². The molecule has 1 aromatic carbocycles. The molecule has 1 atom stereocenters. The molecule has 0 saturated carbocycles. The van der Waals surface area contributed by atoms with Gasteiger partial charge in [-0.05, 0) is 25.8 Å². The predicted octanol–water partition coefficient (Wildman–Crippen LogP) is 1.80. The Kier molecular flexibility index (Phi) is 5.40. The summed E-state index contributed by atoms with van der Waals surface area (Å²) in [5.41, 5.74) is 6.22. The second-order valence-corrected chi connectivity index (χ2v) is 6.18. The maximum Gasteiger partial charge on any atom is 0.409 e. The van der Waals surface area contributed by atoms with E-state index in [0.29, 0.717) is 31.6 Å². The van der Waals surface area contributed by atoms with E-state index in [4.69, 9.17) is 4.74 Å². The smallest absolute Gasteiger partial charge is 0.409 e. The van der Waals surface area contributed by atoms with Gasteiger partial charge >= 0.3 is 6.09 Å². The fraction of sp³-hybridized carbons (Fsp3) is 0.389. The van der Waals surface area contributed by atoms with Crippen molar-refractivity contribution in [3.63, 3.8) is 0 Å². The minimum Gasteiger partial charge on any atom is -0.450 e. The van der Waals surface area contributed by atoms with Crippen LogP contribution in [-0.2, 0) is 9.53 Å². The molecule has 8 heteroatoms. The number of likely N-dealkylation sites (tertiary alicyclic amines) is 1. The van der Waals surface area contributed by atoms with Crippen molar-refractivity contribution in [2.24, 2.45) is 5.92 Å². The highest BCUT2D eigenvalue weighted by molar-refractivity contribution is 6.07. The van der Waals surface area contributed by atoms with Crippen LogP contribution in [0.25, 0.3) is 10.9 Å². The average Bonchev–Trinajstić information content (AvgIpc) is 3.10. The number of nitrogens with zero attached hydrogens (tertiary/aromatic N) is 1. The van der Waals surface area contributed by atoms with Crippen molar-refractivity contribution in [2.75, 3.05) is 19.7 Å². The van der Waals surface area contributed by atoms with Crippen LogP contribution >= 0.6 is 0 Å². The summed E-state index contributed by atoms with van der Waals surface area (Å²) >= 11 is 0. The lowest BCUT2D eigenvalue weighted by Gasteiger charge is -2.31. The predicted molar refractivity (Wildman–Crippen MR) is 95.2 cm³/mol. The molecule has 2 aromatic rings. The molecule has 3 rings (SSSR count). The number of fused-ring (bicyclic) bond motifs is 1. The zero-order valence-corrected chi connectivity index (χ0v) is 14.6. The van der Waals surface area contributed by atoms with Crippen molar-refractivity contribution in [3.05, 3.63) is 36.0 Å². The molecule has 1 unspecified atom stereocenters. The SMILES string of the molecule is CCOC(=O)N1CCCC(C(=O)NNC(=O)c2c[nH]c3ccccc23)C1. The van der Waals surface area contributed by atoms with E-state index in [1.165, 1.54) is 4.90 Å². The zero-order valence-electron chi connectivity index (χ0n) is 14.6. The van der Waals surface area contributed by atoms with Crippen molar-refractivity contribution in [1.29, 1.82) is 0 Å². The number of hydrogen-bond acceptors (Lipinski definition) is 4. The van der Waals surface area contributed by atoms with Gasteiger partial charge in [0, 0.05) is 30.2 Å². The Labute approximate surface area is 150 Å². The molecule has 3 N–H and O–H groups in total. The fourth-order valence-electron chi connectivity index (χ4n) is 3.12. The van der Waals surface area contributed by atoms with Gasteiger partial charge in [0.05, 0.1) is 18.1 Å². The van der Waals surface area contributed by atoms with Crippen LogP contribution in [0.5, 0.6) is 0 Å². The van der Waals surface area contributed by atoms with Crippen LogP contribution in [0.4, 0.5) is 4.79 Å². The molecule has 0 bridgehead atoms. The Morgan fingerprint density at radius 2 is 2.08 bits per heavy atom. The topological polar surface area (TPSA) is 104 Å². The van der Waals surface area contributed by atoms with Crippen LogP contribution in [0.3, 0.4) is 0 Å². The third-order valence-electron chi connectivity index (χ3n) is 4.45. The third kappa shape index (κ3) is 3.79. The lowest BCUT2D eigenvalue weighted by Crippen LogP contribution is -2.50. The Morgan fingerprint density at radius 3 is 2.88 bits per heavy atom. The van der Waals surface area contributed by atoms with Crippen molar-refractivity contribution < 1.29 is 19.1 Å². The zero-order chi connectivity index (χ0) is 18.5. The molecule has 0 aliphatic carbocycles. The van der Waals surface area contributed by atoms with Crippen molar-refractivity contribution in [1.82, 2.24) is 20.7 Å². The van der Waals surface area contributed by atoms with E-state index < -0.39 is 12.0 Å². The summed E-state index contributed by atoms with van der Waals surface area (Å²) in [6, 6.07) is 7.43. The number of amides is 3. The van der Waals surface area contributed by atoms with Crippen molar-refractivity contribution >= 4 is 28.8 Å². The summed E-state index contributed by atoms with van der Waals surface area (Å²) in [7, 11) is 0. The van der Waals surface area contributed by atoms with Crippen LogP contribution in [0, 0.1) is 5.92 Å². The largest absolute Gasteiger partial charge is 0.450 e. The number of aromatic amines is 1. The summed E-state index contributed by atoms with van der Waals surface area (Å²) in [6.45, 7) is 2.90. The molecule has 1 aromatic heterocycles. The molecule has 138 valence electrons. The Bertz CT molecular complexity index is 816. The van der Waals surface area contributed by atoms with E-state index >= 15 is 0 Å². The van der Waals surface area contributed by atoms with E-state index in [1.807, 2.05) is 24.3 Å². The molecule has 0 radical (unpaired) electrons. The number of piperidine rings is 1. The lowest BCUT2D eigenvalue weighted by molar-refractivity contribution is -0.127.